The highest BCUT2D eigenvalue weighted by molar-refractivity contribution is 6.34. The fourth-order valence-corrected chi connectivity index (χ4v) is 4.83. The third-order valence-corrected chi connectivity index (χ3v) is 7.09. The van der Waals surface area contributed by atoms with Crippen LogP contribution in [-0.4, -0.2) is 28.5 Å². The summed E-state index contributed by atoms with van der Waals surface area (Å²) in [6.45, 7) is 0.806. The maximum Gasteiger partial charge on any atom is 0.271 e. The molecule has 0 bridgehead atoms. The van der Waals surface area contributed by atoms with E-state index in [4.69, 9.17) is 11.6 Å². The number of anilines is 2. The van der Waals surface area contributed by atoms with E-state index in [1.54, 1.807) is 17.0 Å². The first-order valence-electron chi connectivity index (χ1n) is 11.6. The molecular weight excluding hydrogens is 498 g/mol. The summed E-state index contributed by atoms with van der Waals surface area (Å²) in [5.74, 6) is -4.34. The van der Waals surface area contributed by atoms with Gasteiger partial charge in [0.25, 0.3) is 11.5 Å². The molecule has 2 heterocycles. The fourth-order valence-electron chi connectivity index (χ4n) is 4.58. The van der Waals surface area contributed by atoms with E-state index in [0.717, 1.165) is 18.4 Å². The Balaban J connectivity index is 1.45. The number of aromatic nitrogens is 1. The van der Waals surface area contributed by atoms with E-state index in [0.29, 0.717) is 38.1 Å². The zero-order valence-corrected chi connectivity index (χ0v) is 19.8. The van der Waals surface area contributed by atoms with Crippen molar-refractivity contribution in [3.63, 3.8) is 0 Å². The Kier molecular flexibility index (Phi) is 6.51. The molecule has 5 nitrogen and oxygen atoms in total. The zero-order valence-electron chi connectivity index (χ0n) is 19.0. The topological polar surface area (TPSA) is 54.3 Å². The largest absolute Gasteiger partial charge is 0.351 e. The molecule has 5 rings (SSSR count). The lowest BCUT2D eigenvalue weighted by Gasteiger charge is -2.33. The maximum absolute atomic E-state index is 14.4. The Bertz CT molecular complexity index is 1380. The lowest BCUT2D eigenvalue weighted by atomic mass is 9.89. The molecule has 1 saturated carbocycles. The molecule has 1 aliphatic carbocycles. The summed E-state index contributed by atoms with van der Waals surface area (Å²) in [4.78, 5) is 28.1. The van der Waals surface area contributed by atoms with Crippen molar-refractivity contribution in [1.29, 1.82) is 0 Å². The number of carbonyl (C=O) groups is 1. The minimum atomic E-state index is -1.37. The van der Waals surface area contributed by atoms with Crippen LogP contribution in [-0.2, 0) is 0 Å². The second kappa shape index (κ2) is 9.61. The average molecular weight is 520 g/mol. The van der Waals surface area contributed by atoms with Crippen LogP contribution in [0.25, 0.3) is 0 Å². The van der Waals surface area contributed by atoms with Gasteiger partial charge >= 0.3 is 0 Å². The summed E-state index contributed by atoms with van der Waals surface area (Å²) in [5, 5.41) is 2.22. The smallest absolute Gasteiger partial charge is 0.271 e. The number of nitrogens with zero attached hydrogens (tertiary/aromatic N) is 2. The molecule has 36 heavy (non-hydrogen) atoms. The van der Waals surface area contributed by atoms with E-state index in [1.165, 1.54) is 22.9 Å². The van der Waals surface area contributed by atoms with Crippen LogP contribution >= 0.6 is 11.6 Å². The number of halogens is 5. The third-order valence-electron chi connectivity index (χ3n) is 6.74. The first-order valence-corrected chi connectivity index (χ1v) is 12.0. The molecule has 1 aliphatic heterocycles. The van der Waals surface area contributed by atoms with Crippen LogP contribution in [0.4, 0.5) is 28.9 Å². The van der Waals surface area contributed by atoms with Crippen LogP contribution in [0.3, 0.4) is 0 Å². The first kappa shape index (κ1) is 24.4. The number of pyridine rings is 1. The SMILES string of the molecule is O=C(c1cn(C2CC2)c(=O)c(Cl)c1Nc1cc(F)c(F)cc1F)N1CCC(c2ccc(F)cc2)CC1. The Morgan fingerprint density at radius 3 is 2.19 bits per heavy atom. The molecule has 2 aromatic carbocycles. The van der Waals surface area contributed by atoms with E-state index < -0.39 is 34.6 Å². The molecule has 0 radical (unpaired) electrons. The van der Waals surface area contributed by atoms with E-state index in [1.807, 2.05) is 0 Å². The predicted molar refractivity (Wildman–Crippen MR) is 128 cm³/mol. The quantitative estimate of drug-likeness (QED) is 0.325. The number of nitrogens with one attached hydrogen (secondary N) is 1. The van der Waals surface area contributed by atoms with Gasteiger partial charge in [-0.3, -0.25) is 9.59 Å². The molecule has 1 saturated heterocycles. The van der Waals surface area contributed by atoms with Crippen molar-refractivity contribution < 1.29 is 22.4 Å². The molecule has 1 N–H and O–H groups in total. The second-order valence-corrected chi connectivity index (χ2v) is 9.54. The van der Waals surface area contributed by atoms with Crippen molar-refractivity contribution in [3.05, 3.63) is 92.4 Å². The van der Waals surface area contributed by atoms with Gasteiger partial charge in [-0.1, -0.05) is 23.7 Å². The normalized spacial score (nSPS) is 16.3. The van der Waals surface area contributed by atoms with Crippen LogP contribution in [0.15, 0.2) is 47.4 Å². The third kappa shape index (κ3) is 4.72. The van der Waals surface area contributed by atoms with Gasteiger partial charge in [0.15, 0.2) is 11.6 Å². The summed E-state index contributed by atoms with van der Waals surface area (Å²) in [6.07, 6.45) is 4.22. The number of carbonyl (C=O) groups excluding carboxylic acids is 1. The minimum absolute atomic E-state index is 0.0378. The standard InChI is InChI=1S/C26H22ClF4N3O2/c27-23-24(32-22-12-20(30)19(29)11-21(22)31)18(13-34(26(23)36)17-5-6-17)25(35)33-9-7-15(8-10-33)14-1-3-16(28)4-2-14/h1-4,11-13,15,17,32H,5-10H2. The lowest BCUT2D eigenvalue weighted by Crippen LogP contribution is -2.39. The van der Waals surface area contributed by atoms with Crippen molar-refractivity contribution in [2.45, 2.75) is 37.6 Å². The Labute approximate surface area is 209 Å². The highest BCUT2D eigenvalue weighted by Crippen LogP contribution is 2.37. The predicted octanol–water partition coefficient (Wildman–Crippen LogP) is 6.16. The van der Waals surface area contributed by atoms with Crippen molar-refractivity contribution >= 4 is 28.9 Å². The molecule has 188 valence electrons. The minimum Gasteiger partial charge on any atom is -0.351 e. The number of amides is 1. The Morgan fingerprint density at radius 1 is 0.917 bits per heavy atom. The van der Waals surface area contributed by atoms with Crippen LogP contribution in [0.5, 0.6) is 0 Å². The van der Waals surface area contributed by atoms with Gasteiger partial charge < -0.3 is 14.8 Å². The van der Waals surface area contributed by atoms with Crippen molar-refractivity contribution in [2.24, 2.45) is 0 Å². The first-order chi connectivity index (χ1) is 17.2. The van der Waals surface area contributed by atoms with Gasteiger partial charge in [-0.2, -0.15) is 0 Å². The van der Waals surface area contributed by atoms with Crippen LogP contribution < -0.4 is 10.9 Å². The average Bonchev–Trinajstić information content (AvgIpc) is 3.71. The highest BCUT2D eigenvalue weighted by atomic mass is 35.5. The molecule has 1 aromatic heterocycles. The van der Waals surface area contributed by atoms with Gasteiger partial charge in [-0.25, -0.2) is 17.6 Å². The summed E-state index contributed by atoms with van der Waals surface area (Å²) in [6, 6.07) is 7.19. The number of hydrogen-bond acceptors (Lipinski definition) is 3. The number of hydrogen-bond donors (Lipinski definition) is 1. The Morgan fingerprint density at radius 2 is 1.56 bits per heavy atom. The van der Waals surface area contributed by atoms with Gasteiger partial charge in [0, 0.05) is 37.5 Å². The van der Waals surface area contributed by atoms with Crippen molar-refractivity contribution in [1.82, 2.24) is 9.47 Å². The highest BCUT2D eigenvalue weighted by Gasteiger charge is 2.32. The number of likely N-dealkylation sites (tertiary alicyclic amines) is 1. The molecule has 1 amide bonds. The van der Waals surface area contributed by atoms with Crippen LogP contribution in [0.2, 0.25) is 5.02 Å². The fraction of sp³-hybridized carbons (Fsp3) is 0.308. The lowest BCUT2D eigenvalue weighted by molar-refractivity contribution is 0.0713. The van der Waals surface area contributed by atoms with Crippen LogP contribution in [0, 0.1) is 23.3 Å². The van der Waals surface area contributed by atoms with Gasteiger partial charge in [0.1, 0.15) is 16.7 Å². The van der Waals surface area contributed by atoms with E-state index in [-0.39, 0.29) is 34.1 Å². The number of piperidine rings is 1. The van der Waals surface area contributed by atoms with Gasteiger partial charge in [0.2, 0.25) is 0 Å². The van der Waals surface area contributed by atoms with E-state index >= 15 is 0 Å². The second-order valence-electron chi connectivity index (χ2n) is 9.16. The molecule has 0 spiro atoms. The molecule has 3 aromatic rings. The van der Waals surface area contributed by atoms with Gasteiger partial charge in [0.05, 0.1) is 16.9 Å². The molecular formula is C26H22ClF4N3O2. The summed E-state index contributed by atoms with van der Waals surface area (Å²) in [5.41, 5.74) is -0.144. The molecule has 0 unspecified atom stereocenters. The summed E-state index contributed by atoms with van der Waals surface area (Å²) < 4.78 is 56.2. The molecule has 2 fully saturated rings. The number of benzene rings is 2. The summed E-state index contributed by atoms with van der Waals surface area (Å²) in [7, 11) is 0. The summed E-state index contributed by atoms with van der Waals surface area (Å²) >= 11 is 6.36. The van der Waals surface area contributed by atoms with E-state index in [9.17, 15) is 27.2 Å². The van der Waals surface area contributed by atoms with Crippen molar-refractivity contribution in [2.75, 3.05) is 18.4 Å². The van der Waals surface area contributed by atoms with Crippen molar-refractivity contribution in [3.8, 4) is 0 Å². The molecule has 0 atom stereocenters. The van der Waals surface area contributed by atoms with Gasteiger partial charge in [-0.15, -0.1) is 0 Å². The zero-order chi connectivity index (χ0) is 25.6. The Hall–Kier alpha value is -3.33. The monoisotopic (exact) mass is 519 g/mol. The van der Waals surface area contributed by atoms with Crippen LogP contribution in [0.1, 0.15) is 53.6 Å². The molecule has 10 heteroatoms. The maximum atomic E-state index is 14.4. The van der Waals surface area contributed by atoms with E-state index in [2.05, 4.69) is 5.32 Å². The van der Waals surface area contributed by atoms with Gasteiger partial charge in [-0.05, 0) is 49.3 Å². The molecule has 2 aliphatic rings. The number of rotatable bonds is 5.